The fourth-order valence-electron chi connectivity index (χ4n) is 4.13. The number of carboxylic acid groups (broad SMARTS) is 1. The molecular weight excluding hydrogens is 424 g/mol. The van der Waals surface area contributed by atoms with E-state index in [2.05, 4.69) is 31.2 Å². The number of benzene rings is 3. The number of nitrogens with two attached hydrogens (primary N) is 1. The quantitative estimate of drug-likeness (QED) is 0.575. The van der Waals surface area contributed by atoms with E-state index in [1.54, 1.807) is 18.2 Å². The van der Waals surface area contributed by atoms with E-state index in [4.69, 9.17) is 10.8 Å². The Balaban J connectivity index is 1.53. The minimum Gasteiger partial charge on any atom is -0.480 e. The number of hydrogen-bond donors (Lipinski definition) is 2. The van der Waals surface area contributed by atoms with Crippen LogP contribution >= 0.6 is 0 Å². The molecule has 6 nitrogen and oxygen atoms in total. The van der Waals surface area contributed by atoms with E-state index in [1.807, 2.05) is 24.3 Å². The molecular formula is C25H26N2O4S. The Morgan fingerprint density at radius 1 is 1.03 bits per heavy atom. The van der Waals surface area contributed by atoms with E-state index in [-0.39, 0.29) is 17.2 Å². The highest BCUT2D eigenvalue weighted by Gasteiger charge is 2.38. The van der Waals surface area contributed by atoms with Crippen molar-refractivity contribution in [3.05, 3.63) is 89.5 Å². The maximum absolute atomic E-state index is 13.2. The Labute approximate surface area is 188 Å². The summed E-state index contributed by atoms with van der Waals surface area (Å²) in [5, 5.41) is 9.02. The van der Waals surface area contributed by atoms with Crippen LogP contribution in [0.1, 0.15) is 22.6 Å². The van der Waals surface area contributed by atoms with Gasteiger partial charge in [-0.15, -0.1) is 0 Å². The maximum atomic E-state index is 13.2. The monoisotopic (exact) mass is 450 g/mol. The van der Waals surface area contributed by atoms with E-state index in [1.165, 1.54) is 15.9 Å². The Hall–Kier alpha value is -3.00. The van der Waals surface area contributed by atoms with Crippen molar-refractivity contribution in [2.75, 3.05) is 13.1 Å². The molecule has 0 unspecified atom stereocenters. The zero-order valence-electron chi connectivity index (χ0n) is 17.8. The molecule has 3 N–H and O–H groups in total. The Bertz CT molecular complexity index is 1250. The Morgan fingerprint density at radius 3 is 2.38 bits per heavy atom. The first kappa shape index (κ1) is 22.2. The highest BCUT2D eigenvalue weighted by Crippen LogP contribution is 2.38. The zero-order chi connectivity index (χ0) is 22.9. The summed E-state index contributed by atoms with van der Waals surface area (Å²) in [4.78, 5) is 11.2. The molecule has 1 aliphatic heterocycles. The number of rotatable bonds is 7. The summed E-state index contributed by atoms with van der Waals surface area (Å²) >= 11 is 0. The number of aliphatic carboxylic acids is 1. The maximum Gasteiger partial charge on any atom is 0.320 e. The van der Waals surface area contributed by atoms with Gasteiger partial charge in [0.05, 0.1) is 4.90 Å². The standard InChI is InChI=1S/C25H26N2O4S/c1-17-7-2-3-10-21(17)23-12-5-4-11-22(23)19-15-27(16-19)32(30,31)20-9-6-8-18(13-20)14-24(26)25(28)29/h2-13,19,24H,14-16,26H2,1H3,(H,28,29)/t24-/m0/s1. The van der Waals surface area contributed by atoms with E-state index in [0.717, 1.165) is 16.7 Å². The first-order valence-corrected chi connectivity index (χ1v) is 11.9. The zero-order valence-corrected chi connectivity index (χ0v) is 18.6. The highest BCUT2D eigenvalue weighted by molar-refractivity contribution is 7.89. The fraction of sp³-hybridized carbons (Fsp3) is 0.240. The normalized spacial score (nSPS) is 15.8. The SMILES string of the molecule is Cc1ccccc1-c1ccccc1C1CN(S(=O)(=O)c2cccc(C[C@H](N)C(=O)O)c2)C1. The Morgan fingerprint density at radius 2 is 1.69 bits per heavy atom. The number of carbonyl (C=O) groups is 1. The van der Waals surface area contributed by atoms with Crippen LogP contribution in [0.5, 0.6) is 0 Å². The average molecular weight is 451 g/mol. The van der Waals surface area contributed by atoms with Crippen LogP contribution in [0.3, 0.4) is 0 Å². The second-order valence-corrected chi connectivity index (χ2v) is 10.2. The van der Waals surface area contributed by atoms with Crippen LogP contribution in [0.25, 0.3) is 11.1 Å². The van der Waals surface area contributed by atoms with Crippen LogP contribution in [0.4, 0.5) is 0 Å². The number of sulfonamides is 1. The van der Waals surface area contributed by atoms with Crippen molar-refractivity contribution in [3.63, 3.8) is 0 Å². The molecule has 3 aromatic carbocycles. The van der Waals surface area contributed by atoms with Crippen molar-refractivity contribution in [1.29, 1.82) is 0 Å². The molecule has 1 heterocycles. The first-order valence-electron chi connectivity index (χ1n) is 10.5. The molecule has 0 aliphatic carbocycles. The third kappa shape index (κ3) is 4.32. The van der Waals surface area contributed by atoms with Gasteiger partial charge in [-0.3, -0.25) is 4.79 Å². The fourth-order valence-corrected chi connectivity index (χ4v) is 5.73. The summed E-state index contributed by atoms with van der Waals surface area (Å²) in [6, 6.07) is 21.7. The molecule has 0 radical (unpaired) electrons. The van der Waals surface area contributed by atoms with Gasteiger partial charge in [0.25, 0.3) is 0 Å². The van der Waals surface area contributed by atoms with Crippen molar-refractivity contribution >= 4 is 16.0 Å². The molecule has 0 saturated carbocycles. The highest BCUT2D eigenvalue weighted by atomic mass is 32.2. The summed E-state index contributed by atoms with van der Waals surface area (Å²) in [5.41, 5.74) is 10.8. The number of hydrogen-bond acceptors (Lipinski definition) is 4. The van der Waals surface area contributed by atoms with Crippen LogP contribution in [0, 0.1) is 6.92 Å². The van der Waals surface area contributed by atoms with Gasteiger partial charge in [-0.2, -0.15) is 4.31 Å². The van der Waals surface area contributed by atoms with E-state index < -0.39 is 22.0 Å². The van der Waals surface area contributed by atoms with Gasteiger partial charge in [0.2, 0.25) is 10.0 Å². The topological polar surface area (TPSA) is 101 Å². The van der Waals surface area contributed by atoms with Crippen molar-refractivity contribution in [1.82, 2.24) is 4.31 Å². The molecule has 3 aromatic rings. The van der Waals surface area contributed by atoms with Gasteiger partial charge in [-0.25, -0.2) is 8.42 Å². The van der Waals surface area contributed by atoms with Crippen molar-refractivity contribution < 1.29 is 18.3 Å². The molecule has 32 heavy (non-hydrogen) atoms. The van der Waals surface area contributed by atoms with Gasteiger partial charge < -0.3 is 10.8 Å². The van der Waals surface area contributed by atoms with Gasteiger partial charge in [0.15, 0.2) is 0 Å². The molecule has 0 amide bonds. The third-order valence-electron chi connectivity index (χ3n) is 5.99. The smallest absolute Gasteiger partial charge is 0.320 e. The minimum absolute atomic E-state index is 0.0745. The molecule has 1 atom stereocenters. The van der Waals surface area contributed by atoms with Crippen molar-refractivity contribution in [2.45, 2.75) is 30.2 Å². The molecule has 1 aliphatic rings. The Kier molecular flexibility index (Phi) is 6.15. The lowest BCUT2D eigenvalue weighted by atomic mass is 9.86. The molecule has 0 aromatic heterocycles. The van der Waals surface area contributed by atoms with Crippen molar-refractivity contribution in [2.24, 2.45) is 5.73 Å². The van der Waals surface area contributed by atoms with Crippen LogP contribution in [-0.2, 0) is 21.2 Å². The third-order valence-corrected chi connectivity index (χ3v) is 7.82. The second kappa shape index (κ2) is 8.86. The summed E-state index contributed by atoms with van der Waals surface area (Å²) in [6.07, 6.45) is 0.0745. The van der Waals surface area contributed by atoms with E-state index in [9.17, 15) is 13.2 Å². The second-order valence-electron chi connectivity index (χ2n) is 8.22. The van der Waals surface area contributed by atoms with Crippen LogP contribution in [0.2, 0.25) is 0 Å². The van der Waals surface area contributed by atoms with Crippen LogP contribution < -0.4 is 5.73 Å². The number of nitrogens with zero attached hydrogens (tertiary/aromatic N) is 1. The summed E-state index contributed by atoms with van der Waals surface area (Å²) < 4.78 is 27.8. The molecule has 4 rings (SSSR count). The largest absolute Gasteiger partial charge is 0.480 e. The van der Waals surface area contributed by atoms with Gasteiger partial charge >= 0.3 is 5.97 Å². The van der Waals surface area contributed by atoms with Gasteiger partial charge in [-0.05, 0) is 53.3 Å². The molecule has 1 saturated heterocycles. The van der Waals surface area contributed by atoms with E-state index >= 15 is 0 Å². The minimum atomic E-state index is -3.66. The van der Waals surface area contributed by atoms with Crippen LogP contribution in [-0.4, -0.2) is 42.9 Å². The molecule has 1 fully saturated rings. The average Bonchev–Trinajstić information content (AvgIpc) is 2.73. The van der Waals surface area contributed by atoms with E-state index in [0.29, 0.717) is 18.7 Å². The molecule has 0 spiro atoms. The van der Waals surface area contributed by atoms with Crippen LogP contribution in [0.15, 0.2) is 77.7 Å². The summed E-state index contributed by atoms with van der Waals surface area (Å²) in [5.74, 6) is -1.000. The van der Waals surface area contributed by atoms with Gasteiger partial charge in [0, 0.05) is 19.0 Å². The lowest BCUT2D eigenvalue weighted by Crippen LogP contribution is -2.48. The van der Waals surface area contributed by atoms with Crippen molar-refractivity contribution in [3.8, 4) is 11.1 Å². The molecule has 7 heteroatoms. The predicted molar refractivity (Wildman–Crippen MR) is 124 cm³/mol. The molecule has 166 valence electrons. The van der Waals surface area contributed by atoms with Gasteiger partial charge in [0.1, 0.15) is 6.04 Å². The molecule has 0 bridgehead atoms. The van der Waals surface area contributed by atoms with Gasteiger partial charge in [-0.1, -0.05) is 60.7 Å². The lowest BCUT2D eigenvalue weighted by Gasteiger charge is -2.39. The number of aryl methyl sites for hydroxylation is 1. The lowest BCUT2D eigenvalue weighted by molar-refractivity contribution is -0.138. The summed E-state index contributed by atoms with van der Waals surface area (Å²) in [7, 11) is -3.66. The predicted octanol–water partition coefficient (Wildman–Crippen LogP) is 3.40. The summed E-state index contributed by atoms with van der Waals surface area (Å²) in [6.45, 7) is 2.89. The number of carboxylic acids is 1. The first-order chi connectivity index (χ1) is 15.3.